The van der Waals surface area contributed by atoms with E-state index in [2.05, 4.69) is 22.0 Å². The van der Waals surface area contributed by atoms with E-state index in [1.165, 1.54) is 12.8 Å². The van der Waals surface area contributed by atoms with Crippen LogP contribution in [0.3, 0.4) is 0 Å². The average molecular weight is 354 g/mol. The smallest absolute Gasteiger partial charge is 0.239 e. The van der Waals surface area contributed by atoms with E-state index in [1.54, 1.807) is 7.11 Å². The van der Waals surface area contributed by atoms with Gasteiger partial charge in [-0.3, -0.25) is 14.5 Å². The molecule has 0 unspecified atom stereocenters. The van der Waals surface area contributed by atoms with Crippen LogP contribution in [0.5, 0.6) is 0 Å². The van der Waals surface area contributed by atoms with Gasteiger partial charge in [0.25, 0.3) is 0 Å². The second-order valence-electron chi connectivity index (χ2n) is 7.29. The van der Waals surface area contributed by atoms with E-state index < -0.39 is 0 Å². The Kier molecular flexibility index (Phi) is 8.68. The van der Waals surface area contributed by atoms with Gasteiger partial charge in [0.05, 0.1) is 12.6 Å². The van der Waals surface area contributed by atoms with Gasteiger partial charge in [0, 0.05) is 33.2 Å². The molecule has 0 spiro atoms. The number of ether oxygens (including phenoxy) is 1. The molecule has 0 saturated carbocycles. The first-order valence-electron chi connectivity index (χ1n) is 9.94. The monoisotopic (exact) mass is 353 g/mol. The third-order valence-electron chi connectivity index (χ3n) is 5.64. The predicted molar refractivity (Wildman–Crippen MR) is 98.3 cm³/mol. The van der Waals surface area contributed by atoms with E-state index in [0.717, 1.165) is 51.9 Å². The predicted octanol–water partition coefficient (Wildman–Crippen LogP) is 1.64. The number of likely N-dealkylation sites (tertiary alicyclic amines) is 2. The SMILES string of the molecule is CCN1CCCC[C@H]1C(=O)N1CCC(CCC(=O)NCCOC)CC1. The summed E-state index contributed by atoms with van der Waals surface area (Å²) < 4.78 is 4.93. The van der Waals surface area contributed by atoms with E-state index in [-0.39, 0.29) is 11.9 Å². The summed E-state index contributed by atoms with van der Waals surface area (Å²) >= 11 is 0. The topological polar surface area (TPSA) is 61.9 Å². The fourth-order valence-electron chi connectivity index (χ4n) is 4.02. The number of carbonyl (C=O) groups excluding carboxylic acids is 2. The molecule has 6 nitrogen and oxygen atoms in total. The first kappa shape index (κ1) is 20.2. The van der Waals surface area contributed by atoms with Crippen molar-refractivity contribution in [1.29, 1.82) is 0 Å². The Morgan fingerprint density at radius 1 is 1.12 bits per heavy atom. The van der Waals surface area contributed by atoms with Crippen LogP contribution in [0.1, 0.15) is 51.9 Å². The fraction of sp³-hybridized carbons (Fsp3) is 0.895. The summed E-state index contributed by atoms with van der Waals surface area (Å²) in [4.78, 5) is 29.0. The maximum atomic E-state index is 12.9. The highest BCUT2D eigenvalue weighted by molar-refractivity contribution is 5.82. The highest BCUT2D eigenvalue weighted by Crippen LogP contribution is 2.25. The minimum atomic E-state index is 0.0989. The molecule has 2 aliphatic heterocycles. The molecule has 0 radical (unpaired) electrons. The van der Waals surface area contributed by atoms with Crippen molar-refractivity contribution >= 4 is 11.8 Å². The van der Waals surface area contributed by atoms with E-state index in [9.17, 15) is 9.59 Å². The number of likely N-dealkylation sites (N-methyl/N-ethyl adjacent to an activating group) is 1. The van der Waals surface area contributed by atoms with Crippen LogP contribution in [-0.2, 0) is 14.3 Å². The van der Waals surface area contributed by atoms with Gasteiger partial charge in [-0.25, -0.2) is 0 Å². The van der Waals surface area contributed by atoms with Gasteiger partial charge in [-0.15, -0.1) is 0 Å². The minimum absolute atomic E-state index is 0.0989. The molecular weight excluding hydrogens is 318 g/mol. The standard InChI is InChI=1S/C19H35N3O3/c1-3-21-12-5-4-6-17(21)19(24)22-13-9-16(10-14-22)7-8-18(23)20-11-15-25-2/h16-17H,3-15H2,1-2H3,(H,20,23)/t17-/m0/s1. The van der Waals surface area contributed by atoms with Crippen LogP contribution in [0, 0.1) is 5.92 Å². The average Bonchev–Trinajstić information content (AvgIpc) is 2.66. The number of methoxy groups -OCH3 is 1. The second-order valence-corrected chi connectivity index (χ2v) is 7.29. The van der Waals surface area contributed by atoms with Gasteiger partial charge < -0.3 is 15.0 Å². The van der Waals surface area contributed by atoms with Crippen molar-refractivity contribution in [1.82, 2.24) is 15.1 Å². The molecule has 2 heterocycles. The van der Waals surface area contributed by atoms with Gasteiger partial charge in [-0.2, -0.15) is 0 Å². The van der Waals surface area contributed by atoms with Gasteiger partial charge in [0.1, 0.15) is 0 Å². The van der Waals surface area contributed by atoms with E-state index >= 15 is 0 Å². The summed E-state index contributed by atoms with van der Waals surface area (Å²) in [5.74, 6) is 1.000. The van der Waals surface area contributed by atoms with Crippen LogP contribution in [0.2, 0.25) is 0 Å². The number of carbonyl (C=O) groups is 2. The van der Waals surface area contributed by atoms with Gasteiger partial charge >= 0.3 is 0 Å². The summed E-state index contributed by atoms with van der Waals surface area (Å²) in [6.45, 7) is 7.01. The van der Waals surface area contributed by atoms with Crippen LogP contribution in [-0.4, -0.2) is 74.1 Å². The molecular formula is C19H35N3O3. The van der Waals surface area contributed by atoms with Gasteiger partial charge in [-0.05, 0) is 51.1 Å². The largest absolute Gasteiger partial charge is 0.383 e. The Morgan fingerprint density at radius 3 is 2.56 bits per heavy atom. The van der Waals surface area contributed by atoms with Crippen molar-refractivity contribution in [2.45, 2.75) is 57.9 Å². The molecule has 0 aromatic carbocycles. The Balaban J connectivity index is 1.68. The molecule has 0 aliphatic carbocycles. The van der Waals surface area contributed by atoms with Crippen molar-refractivity contribution in [2.24, 2.45) is 5.92 Å². The summed E-state index contributed by atoms with van der Waals surface area (Å²) in [6, 6.07) is 0.0989. The molecule has 2 aliphatic rings. The zero-order valence-corrected chi connectivity index (χ0v) is 16.0. The fourth-order valence-corrected chi connectivity index (χ4v) is 4.02. The first-order valence-corrected chi connectivity index (χ1v) is 9.94. The molecule has 0 bridgehead atoms. The third kappa shape index (κ3) is 6.26. The van der Waals surface area contributed by atoms with Crippen molar-refractivity contribution in [2.75, 3.05) is 46.4 Å². The summed E-state index contributed by atoms with van der Waals surface area (Å²) in [6.07, 6.45) is 6.94. The van der Waals surface area contributed by atoms with Crippen LogP contribution >= 0.6 is 0 Å². The van der Waals surface area contributed by atoms with Crippen LogP contribution in [0.25, 0.3) is 0 Å². The zero-order chi connectivity index (χ0) is 18.1. The molecule has 1 atom stereocenters. The van der Waals surface area contributed by atoms with Crippen molar-refractivity contribution in [3.63, 3.8) is 0 Å². The molecule has 6 heteroatoms. The molecule has 144 valence electrons. The highest BCUT2D eigenvalue weighted by atomic mass is 16.5. The normalized spacial score (nSPS) is 22.8. The minimum Gasteiger partial charge on any atom is -0.383 e. The number of hydrogen-bond acceptors (Lipinski definition) is 4. The summed E-state index contributed by atoms with van der Waals surface area (Å²) in [5, 5.41) is 2.87. The number of rotatable bonds is 8. The van der Waals surface area contributed by atoms with E-state index in [1.807, 2.05) is 0 Å². The van der Waals surface area contributed by atoms with Crippen LogP contribution < -0.4 is 5.32 Å². The van der Waals surface area contributed by atoms with Crippen molar-refractivity contribution in [3.05, 3.63) is 0 Å². The molecule has 0 aromatic heterocycles. The Hall–Kier alpha value is -1.14. The Morgan fingerprint density at radius 2 is 1.88 bits per heavy atom. The van der Waals surface area contributed by atoms with Crippen molar-refractivity contribution < 1.29 is 14.3 Å². The summed E-state index contributed by atoms with van der Waals surface area (Å²) in [7, 11) is 1.63. The lowest BCUT2D eigenvalue weighted by Gasteiger charge is -2.39. The zero-order valence-electron chi connectivity index (χ0n) is 16.0. The maximum absolute atomic E-state index is 12.9. The number of amides is 2. The molecule has 2 rings (SSSR count). The number of nitrogens with one attached hydrogen (secondary N) is 1. The first-order chi connectivity index (χ1) is 12.2. The second kappa shape index (κ2) is 10.8. The lowest BCUT2D eigenvalue weighted by molar-refractivity contribution is -0.139. The highest BCUT2D eigenvalue weighted by Gasteiger charge is 2.32. The van der Waals surface area contributed by atoms with Crippen LogP contribution in [0.4, 0.5) is 0 Å². The van der Waals surface area contributed by atoms with Crippen molar-refractivity contribution in [3.8, 4) is 0 Å². The molecule has 2 saturated heterocycles. The number of nitrogens with zero attached hydrogens (tertiary/aromatic N) is 2. The molecule has 25 heavy (non-hydrogen) atoms. The van der Waals surface area contributed by atoms with Gasteiger partial charge in [0.2, 0.25) is 11.8 Å². The number of hydrogen-bond donors (Lipinski definition) is 1. The molecule has 2 fully saturated rings. The third-order valence-corrected chi connectivity index (χ3v) is 5.64. The van der Waals surface area contributed by atoms with Gasteiger partial charge in [0.15, 0.2) is 0 Å². The number of piperidine rings is 2. The Labute approximate surface area is 152 Å². The van der Waals surface area contributed by atoms with Crippen LogP contribution in [0.15, 0.2) is 0 Å². The molecule has 0 aromatic rings. The van der Waals surface area contributed by atoms with Gasteiger partial charge in [-0.1, -0.05) is 13.3 Å². The molecule has 2 amide bonds. The maximum Gasteiger partial charge on any atom is 0.239 e. The lowest BCUT2D eigenvalue weighted by atomic mass is 9.91. The lowest BCUT2D eigenvalue weighted by Crippen LogP contribution is -2.52. The van der Waals surface area contributed by atoms with E-state index in [4.69, 9.17) is 4.74 Å². The van der Waals surface area contributed by atoms with E-state index in [0.29, 0.717) is 31.4 Å². The quantitative estimate of drug-likeness (QED) is 0.674. The summed E-state index contributed by atoms with van der Waals surface area (Å²) in [5.41, 5.74) is 0. The molecule has 1 N–H and O–H groups in total. The Bertz CT molecular complexity index is 422.